The lowest BCUT2D eigenvalue weighted by atomic mass is 9.80. The maximum absolute atomic E-state index is 5.01. The molecule has 0 fully saturated rings. The lowest BCUT2D eigenvalue weighted by Crippen LogP contribution is -2.18. The van der Waals surface area contributed by atoms with Gasteiger partial charge < -0.3 is 4.74 Å². The average molecular weight is 144 g/mol. The van der Waals surface area contributed by atoms with Crippen molar-refractivity contribution in [3.63, 3.8) is 0 Å². The Morgan fingerprint density at radius 1 is 1.30 bits per heavy atom. The highest BCUT2D eigenvalue weighted by molar-refractivity contribution is 4.69. The summed E-state index contributed by atoms with van der Waals surface area (Å²) in [6, 6.07) is 0. The molecule has 0 aromatic heterocycles. The molecule has 0 saturated carbocycles. The molecule has 0 N–H and O–H groups in total. The fourth-order valence-electron chi connectivity index (χ4n) is 0.728. The average Bonchev–Trinajstić information content (AvgIpc) is 1.80. The topological polar surface area (TPSA) is 9.23 Å². The van der Waals surface area contributed by atoms with Crippen molar-refractivity contribution in [2.24, 2.45) is 11.3 Å². The molecule has 1 heteroatoms. The van der Waals surface area contributed by atoms with Crippen molar-refractivity contribution in [1.29, 1.82) is 0 Å². The smallest absolute Gasteiger partial charge is 0.0465 e. The Kier molecular flexibility index (Phi) is 3.95. The van der Waals surface area contributed by atoms with E-state index < -0.39 is 0 Å². The Bertz CT molecular complexity index is 81.2. The Morgan fingerprint density at radius 3 is 2.10 bits per heavy atom. The third-order valence-corrected chi connectivity index (χ3v) is 2.23. The van der Waals surface area contributed by atoms with Crippen molar-refractivity contribution in [3.05, 3.63) is 0 Å². The molecule has 0 aliphatic heterocycles. The second-order valence-corrected chi connectivity index (χ2v) is 4.05. The quantitative estimate of drug-likeness (QED) is 0.591. The number of hydrogen-bond acceptors (Lipinski definition) is 1. The first-order valence-electron chi connectivity index (χ1n) is 3.97. The van der Waals surface area contributed by atoms with E-state index in [9.17, 15) is 0 Å². The van der Waals surface area contributed by atoms with Gasteiger partial charge in [0.1, 0.15) is 0 Å². The molecule has 0 aromatic rings. The second kappa shape index (κ2) is 3.97. The molecule has 62 valence electrons. The van der Waals surface area contributed by atoms with Gasteiger partial charge in [-0.3, -0.25) is 0 Å². The highest BCUT2D eigenvalue weighted by Crippen LogP contribution is 2.27. The van der Waals surface area contributed by atoms with Crippen molar-refractivity contribution in [3.8, 4) is 0 Å². The number of hydrogen-bond donors (Lipinski definition) is 0. The zero-order chi connectivity index (χ0) is 8.20. The van der Waals surface area contributed by atoms with E-state index in [1.807, 2.05) is 0 Å². The van der Waals surface area contributed by atoms with Crippen LogP contribution in [0.5, 0.6) is 0 Å². The van der Waals surface area contributed by atoms with Gasteiger partial charge in [-0.1, -0.05) is 27.7 Å². The van der Waals surface area contributed by atoms with Crippen LogP contribution in [-0.4, -0.2) is 13.7 Å². The van der Waals surface area contributed by atoms with Crippen LogP contribution in [0, 0.1) is 11.3 Å². The zero-order valence-electron chi connectivity index (χ0n) is 7.90. The molecule has 0 spiro atoms. The predicted molar refractivity (Wildman–Crippen MR) is 45.1 cm³/mol. The minimum absolute atomic E-state index is 0.429. The first kappa shape index (κ1) is 9.96. The third kappa shape index (κ3) is 3.89. The van der Waals surface area contributed by atoms with Gasteiger partial charge in [0, 0.05) is 13.7 Å². The SMILES string of the molecule is COCC[C@@H](C)C(C)(C)C. The fraction of sp³-hybridized carbons (Fsp3) is 1.00. The van der Waals surface area contributed by atoms with Gasteiger partial charge in [-0.15, -0.1) is 0 Å². The molecule has 1 nitrogen and oxygen atoms in total. The van der Waals surface area contributed by atoms with Gasteiger partial charge in [-0.2, -0.15) is 0 Å². The van der Waals surface area contributed by atoms with Gasteiger partial charge in [0.15, 0.2) is 0 Å². The van der Waals surface area contributed by atoms with E-state index in [0.29, 0.717) is 5.41 Å². The summed E-state index contributed by atoms with van der Waals surface area (Å²) < 4.78 is 5.01. The van der Waals surface area contributed by atoms with Gasteiger partial charge in [-0.05, 0) is 17.8 Å². The van der Waals surface area contributed by atoms with Crippen molar-refractivity contribution in [2.75, 3.05) is 13.7 Å². The van der Waals surface area contributed by atoms with Gasteiger partial charge in [0.05, 0.1) is 0 Å². The summed E-state index contributed by atoms with van der Waals surface area (Å²) in [6.45, 7) is 9.98. The van der Waals surface area contributed by atoms with Gasteiger partial charge in [0.25, 0.3) is 0 Å². The van der Waals surface area contributed by atoms with E-state index in [-0.39, 0.29) is 0 Å². The summed E-state index contributed by atoms with van der Waals surface area (Å²) >= 11 is 0. The van der Waals surface area contributed by atoms with Crippen molar-refractivity contribution in [1.82, 2.24) is 0 Å². The molecule has 0 aliphatic carbocycles. The predicted octanol–water partition coefficient (Wildman–Crippen LogP) is 2.71. The molecule has 0 saturated heterocycles. The molecule has 0 radical (unpaired) electrons. The maximum atomic E-state index is 5.01. The molecule has 10 heavy (non-hydrogen) atoms. The van der Waals surface area contributed by atoms with Crippen LogP contribution in [-0.2, 0) is 4.74 Å². The van der Waals surface area contributed by atoms with Crippen LogP contribution in [0.2, 0.25) is 0 Å². The van der Waals surface area contributed by atoms with Crippen LogP contribution >= 0.6 is 0 Å². The van der Waals surface area contributed by atoms with Crippen LogP contribution in [0.3, 0.4) is 0 Å². The molecule has 0 aromatic carbocycles. The summed E-state index contributed by atoms with van der Waals surface area (Å²) in [5, 5.41) is 0. The van der Waals surface area contributed by atoms with Crippen molar-refractivity contribution >= 4 is 0 Å². The Balaban J connectivity index is 3.52. The summed E-state index contributed by atoms with van der Waals surface area (Å²) in [7, 11) is 1.76. The zero-order valence-corrected chi connectivity index (χ0v) is 7.90. The maximum Gasteiger partial charge on any atom is 0.0465 e. The Labute approximate surface area is 64.8 Å². The second-order valence-electron chi connectivity index (χ2n) is 4.05. The third-order valence-electron chi connectivity index (χ3n) is 2.23. The van der Waals surface area contributed by atoms with E-state index in [2.05, 4.69) is 27.7 Å². The summed E-state index contributed by atoms with van der Waals surface area (Å²) in [4.78, 5) is 0. The molecule has 1 atom stereocenters. The van der Waals surface area contributed by atoms with Crippen molar-refractivity contribution < 1.29 is 4.74 Å². The van der Waals surface area contributed by atoms with Crippen LogP contribution in [0.1, 0.15) is 34.1 Å². The largest absolute Gasteiger partial charge is 0.385 e. The summed E-state index contributed by atoms with van der Waals surface area (Å²) in [5.41, 5.74) is 0.429. The number of methoxy groups -OCH3 is 1. The standard InChI is InChI=1S/C9H20O/c1-8(6-7-10-5)9(2,3)4/h8H,6-7H2,1-5H3/t8-/m1/s1. The summed E-state index contributed by atoms with van der Waals surface area (Å²) in [5.74, 6) is 0.743. The van der Waals surface area contributed by atoms with E-state index >= 15 is 0 Å². The van der Waals surface area contributed by atoms with E-state index in [1.54, 1.807) is 7.11 Å². The minimum atomic E-state index is 0.429. The lowest BCUT2D eigenvalue weighted by Gasteiger charge is -2.26. The highest BCUT2D eigenvalue weighted by atomic mass is 16.5. The number of ether oxygens (including phenoxy) is 1. The van der Waals surface area contributed by atoms with Crippen LogP contribution < -0.4 is 0 Å². The molecule has 0 unspecified atom stereocenters. The first-order valence-corrected chi connectivity index (χ1v) is 3.97. The number of rotatable bonds is 3. The molecule has 0 aliphatic rings. The molecule has 0 rings (SSSR count). The minimum Gasteiger partial charge on any atom is -0.385 e. The Morgan fingerprint density at radius 2 is 1.80 bits per heavy atom. The normalized spacial score (nSPS) is 15.3. The van der Waals surface area contributed by atoms with Gasteiger partial charge in [0.2, 0.25) is 0 Å². The van der Waals surface area contributed by atoms with E-state index in [1.165, 1.54) is 6.42 Å². The van der Waals surface area contributed by atoms with Crippen molar-refractivity contribution in [2.45, 2.75) is 34.1 Å². The van der Waals surface area contributed by atoms with Crippen LogP contribution in [0.15, 0.2) is 0 Å². The van der Waals surface area contributed by atoms with Crippen LogP contribution in [0.4, 0.5) is 0 Å². The molecule has 0 bridgehead atoms. The van der Waals surface area contributed by atoms with E-state index in [4.69, 9.17) is 4.74 Å². The molecular formula is C9H20O. The molecular weight excluding hydrogens is 124 g/mol. The Hall–Kier alpha value is -0.0400. The van der Waals surface area contributed by atoms with Crippen LogP contribution in [0.25, 0.3) is 0 Å². The van der Waals surface area contributed by atoms with E-state index in [0.717, 1.165) is 12.5 Å². The summed E-state index contributed by atoms with van der Waals surface area (Å²) in [6.07, 6.45) is 1.17. The first-order chi connectivity index (χ1) is 4.48. The monoisotopic (exact) mass is 144 g/mol. The van der Waals surface area contributed by atoms with Gasteiger partial charge in [-0.25, -0.2) is 0 Å². The van der Waals surface area contributed by atoms with Gasteiger partial charge >= 0.3 is 0 Å². The highest BCUT2D eigenvalue weighted by Gasteiger charge is 2.18. The fourth-order valence-corrected chi connectivity index (χ4v) is 0.728. The lowest BCUT2D eigenvalue weighted by molar-refractivity contribution is 0.145. The molecule has 0 heterocycles. The molecule has 0 amide bonds.